The van der Waals surface area contributed by atoms with Crippen LogP contribution in [0.25, 0.3) is 11.0 Å². The third-order valence-electron chi connectivity index (χ3n) is 4.87. The Morgan fingerprint density at radius 3 is 2.57 bits per heavy atom. The molecule has 1 aromatic heterocycles. The first-order valence-corrected chi connectivity index (χ1v) is 9.53. The van der Waals surface area contributed by atoms with Gasteiger partial charge in [0.15, 0.2) is 17.6 Å². The van der Waals surface area contributed by atoms with E-state index < -0.39 is 18.0 Å². The van der Waals surface area contributed by atoms with Gasteiger partial charge in [0.05, 0.1) is 28.0 Å². The van der Waals surface area contributed by atoms with Crippen molar-refractivity contribution in [1.82, 2.24) is 15.3 Å². The second kappa shape index (κ2) is 7.98. The molecule has 8 heteroatoms. The van der Waals surface area contributed by atoms with Gasteiger partial charge in [0.1, 0.15) is 0 Å². The minimum Gasteiger partial charge on any atom is -0.454 e. The lowest BCUT2D eigenvalue weighted by atomic mass is 10.2. The lowest BCUT2D eigenvalue weighted by Gasteiger charge is -2.14. The van der Waals surface area contributed by atoms with Gasteiger partial charge in [-0.3, -0.25) is 4.79 Å². The molecule has 0 spiro atoms. The number of esters is 1. The van der Waals surface area contributed by atoms with E-state index in [9.17, 15) is 9.59 Å². The van der Waals surface area contributed by atoms with E-state index in [-0.39, 0.29) is 13.3 Å². The number of rotatable bonds is 5. The molecule has 2 aromatic carbocycles. The van der Waals surface area contributed by atoms with Crippen LogP contribution >= 0.6 is 0 Å². The number of carbonyl (C=O) groups is 2. The van der Waals surface area contributed by atoms with Crippen LogP contribution in [0.4, 0.5) is 0 Å². The molecule has 0 fully saturated rings. The van der Waals surface area contributed by atoms with Crippen molar-refractivity contribution in [2.75, 3.05) is 6.79 Å². The minimum atomic E-state index is -0.951. The van der Waals surface area contributed by atoms with Crippen LogP contribution in [0, 0.1) is 13.8 Å². The molecular formula is C22H21N3O5. The summed E-state index contributed by atoms with van der Waals surface area (Å²) in [6.07, 6.45) is -0.951. The maximum absolute atomic E-state index is 12.5. The molecule has 8 nitrogen and oxygen atoms in total. The zero-order valence-electron chi connectivity index (χ0n) is 16.9. The molecule has 1 atom stereocenters. The normalized spacial score (nSPS) is 13.2. The van der Waals surface area contributed by atoms with E-state index in [1.807, 2.05) is 19.9 Å². The number of benzene rings is 2. The molecule has 0 bridgehead atoms. The van der Waals surface area contributed by atoms with Crippen molar-refractivity contribution in [3.63, 3.8) is 0 Å². The zero-order valence-corrected chi connectivity index (χ0v) is 16.9. The van der Waals surface area contributed by atoms with E-state index in [1.165, 1.54) is 6.92 Å². The lowest BCUT2D eigenvalue weighted by molar-refractivity contribution is -0.129. The molecule has 0 unspecified atom stereocenters. The van der Waals surface area contributed by atoms with Crippen LogP contribution in [0.3, 0.4) is 0 Å². The van der Waals surface area contributed by atoms with Crippen molar-refractivity contribution < 1.29 is 23.8 Å². The first-order chi connectivity index (χ1) is 14.4. The Morgan fingerprint density at radius 2 is 1.77 bits per heavy atom. The molecule has 1 N–H and O–H groups in total. The van der Waals surface area contributed by atoms with Crippen LogP contribution in [-0.4, -0.2) is 34.7 Å². The smallest absolute Gasteiger partial charge is 0.338 e. The third kappa shape index (κ3) is 4.03. The van der Waals surface area contributed by atoms with E-state index >= 15 is 0 Å². The molecule has 1 aliphatic rings. The first-order valence-electron chi connectivity index (χ1n) is 9.53. The summed E-state index contributed by atoms with van der Waals surface area (Å²) in [7, 11) is 0. The summed E-state index contributed by atoms with van der Waals surface area (Å²) < 4.78 is 15.9. The van der Waals surface area contributed by atoms with Crippen molar-refractivity contribution in [2.45, 2.75) is 33.4 Å². The molecule has 30 heavy (non-hydrogen) atoms. The predicted octanol–water partition coefficient (Wildman–Crippen LogP) is 2.84. The Balaban J connectivity index is 1.37. The molecule has 0 radical (unpaired) electrons. The number of aromatic nitrogens is 2. The summed E-state index contributed by atoms with van der Waals surface area (Å²) in [4.78, 5) is 33.7. The molecule has 3 aromatic rings. The molecule has 1 aliphatic heterocycles. The molecule has 4 rings (SSSR count). The van der Waals surface area contributed by atoms with Crippen molar-refractivity contribution >= 4 is 22.9 Å². The quantitative estimate of drug-likeness (QED) is 0.649. The molecule has 154 valence electrons. The predicted molar refractivity (Wildman–Crippen MR) is 108 cm³/mol. The average Bonchev–Trinajstić information content (AvgIpc) is 3.20. The van der Waals surface area contributed by atoms with Crippen LogP contribution in [0.5, 0.6) is 11.5 Å². The second-order valence-electron chi connectivity index (χ2n) is 7.05. The van der Waals surface area contributed by atoms with Gasteiger partial charge in [-0.15, -0.1) is 0 Å². The number of hydrogen-bond donors (Lipinski definition) is 1. The lowest BCUT2D eigenvalue weighted by Crippen LogP contribution is -2.35. The highest BCUT2D eigenvalue weighted by Crippen LogP contribution is 2.32. The fourth-order valence-corrected chi connectivity index (χ4v) is 3.02. The number of amides is 1. The Labute approximate surface area is 173 Å². The van der Waals surface area contributed by atoms with Gasteiger partial charge in [-0.2, -0.15) is 0 Å². The minimum absolute atomic E-state index is 0.192. The Bertz CT molecular complexity index is 1150. The first kappa shape index (κ1) is 19.6. The molecule has 2 heterocycles. The van der Waals surface area contributed by atoms with Crippen LogP contribution in [0.15, 0.2) is 36.4 Å². The highest BCUT2D eigenvalue weighted by molar-refractivity contribution is 5.95. The Kier molecular flexibility index (Phi) is 5.22. The standard InChI is InChI=1S/C22H21N3O5/c1-12-13(2)25-18-9-16(5-6-17(18)24-12)22(27)30-14(3)21(26)23-10-15-4-7-19-20(8-15)29-11-28-19/h4-9,14H,10-11H2,1-3H3,(H,23,26)/t14-/m1/s1. The third-order valence-corrected chi connectivity index (χ3v) is 4.87. The van der Waals surface area contributed by atoms with Gasteiger partial charge >= 0.3 is 5.97 Å². The van der Waals surface area contributed by atoms with E-state index in [0.717, 1.165) is 17.0 Å². The summed E-state index contributed by atoms with van der Waals surface area (Å²) in [6, 6.07) is 10.4. The highest BCUT2D eigenvalue weighted by Gasteiger charge is 2.20. The molecule has 0 saturated carbocycles. The van der Waals surface area contributed by atoms with Gasteiger partial charge < -0.3 is 19.5 Å². The van der Waals surface area contributed by atoms with Gasteiger partial charge in [-0.1, -0.05) is 6.07 Å². The molecule has 0 aliphatic carbocycles. The zero-order chi connectivity index (χ0) is 21.3. The van der Waals surface area contributed by atoms with Crippen LogP contribution < -0.4 is 14.8 Å². The second-order valence-corrected chi connectivity index (χ2v) is 7.05. The summed E-state index contributed by atoms with van der Waals surface area (Å²) in [5.74, 6) is 0.333. The van der Waals surface area contributed by atoms with Gasteiger partial charge in [0.25, 0.3) is 5.91 Å². The number of ether oxygens (including phenoxy) is 3. The van der Waals surface area contributed by atoms with Crippen molar-refractivity contribution in [3.05, 3.63) is 58.9 Å². The van der Waals surface area contributed by atoms with Crippen LogP contribution in [-0.2, 0) is 16.1 Å². The number of aryl methyl sites for hydroxylation is 2. The summed E-state index contributed by atoms with van der Waals surface area (Å²) in [5, 5.41) is 2.76. The SMILES string of the molecule is Cc1nc2ccc(C(=O)O[C@H](C)C(=O)NCc3ccc4c(c3)OCO4)cc2nc1C. The van der Waals surface area contributed by atoms with E-state index in [1.54, 1.807) is 30.3 Å². The average molecular weight is 407 g/mol. The Hall–Kier alpha value is -3.68. The number of nitrogens with one attached hydrogen (secondary N) is 1. The fourth-order valence-electron chi connectivity index (χ4n) is 3.02. The summed E-state index contributed by atoms with van der Waals surface area (Å²) in [6.45, 7) is 5.74. The number of fused-ring (bicyclic) bond motifs is 2. The van der Waals surface area contributed by atoms with Crippen molar-refractivity contribution in [3.8, 4) is 11.5 Å². The van der Waals surface area contributed by atoms with Crippen molar-refractivity contribution in [1.29, 1.82) is 0 Å². The number of carbonyl (C=O) groups excluding carboxylic acids is 2. The summed E-state index contributed by atoms with van der Waals surface area (Å²) >= 11 is 0. The van der Waals surface area contributed by atoms with E-state index in [4.69, 9.17) is 14.2 Å². The van der Waals surface area contributed by atoms with Crippen molar-refractivity contribution in [2.24, 2.45) is 0 Å². The summed E-state index contributed by atoms with van der Waals surface area (Å²) in [5.41, 5.74) is 4.10. The number of nitrogens with zero attached hydrogens (tertiary/aromatic N) is 2. The fraction of sp³-hybridized carbons (Fsp3) is 0.273. The maximum Gasteiger partial charge on any atom is 0.338 e. The topological polar surface area (TPSA) is 99.6 Å². The maximum atomic E-state index is 12.5. The largest absolute Gasteiger partial charge is 0.454 e. The van der Waals surface area contributed by atoms with Crippen LogP contribution in [0.1, 0.15) is 34.2 Å². The van der Waals surface area contributed by atoms with Gasteiger partial charge in [-0.25, -0.2) is 14.8 Å². The Morgan fingerprint density at radius 1 is 1.03 bits per heavy atom. The van der Waals surface area contributed by atoms with Gasteiger partial charge in [-0.05, 0) is 56.7 Å². The van der Waals surface area contributed by atoms with Gasteiger partial charge in [0.2, 0.25) is 6.79 Å². The number of hydrogen-bond acceptors (Lipinski definition) is 7. The molecular weight excluding hydrogens is 386 g/mol. The van der Waals surface area contributed by atoms with Gasteiger partial charge in [0, 0.05) is 6.54 Å². The molecule has 1 amide bonds. The molecule has 0 saturated heterocycles. The van der Waals surface area contributed by atoms with Crippen LogP contribution in [0.2, 0.25) is 0 Å². The van der Waals surface area contributed by atoms with E-state index in [2.05, 4.69) is 15.3 Å². The monoisotopic (exact) mass is 407 g/mol. The highest BCUT2D eigenvalue weighted by atomic mass is 16.7. The van der Waals surface area contributed by atoms with E-state index in [0.29, 0.717) is 28.1 Å².